The summed E-state index contributed by atoms with van der Waals surface area (Å²) in [5.41, 5.74) is 3.74. The Hall–Kier alpha value is -3.31. The number of benzene rings is 2. The minimum atomic E-state index is -2.95. The summed E-state index contributed by atoms with van der Waals surface area (Å²) < 4.78 is 38.6. The van der Waals surface area contributed by atoms with Crippen LogP contribution >= 0.6 is 0 Å². The zero-order chi connectivity index (χ0) is 43.3. The van der Waals surface area contributed by atoms with Gasteiger partial charge in [0, 0.05) is 41.7 Å². The Morgan fingerprint density at radius 1 is 0.780 bits per heavy atom. The Bertz CT molecular complexity index is 2270. The molecule has 5 aromatic rings. The van der Waals surface area contributed by atoms with Crippen molar-refractivity contribution in [2.75, 3.05) is 31.5 Å². The average molecular weight is 865 g/mol. The first kappa shape index (κ1) is 50.0. The van der Waals surface area contributed by atoms with Crippen LogP contribution in [0.15, 0.2) is 97.3 Å². The zero-order valence-corrected chi connectivity index (χ0v) is 39.1. The topological polar surface area (TPSA) is 231 Å². The molecule has 5 heterocycles. The first-order valence-electron chi connectivity index (χ1n) is 19.2. The predicted octanol–water partition coefficient (Wildman–Crippen LogP) is 3.22. The molecule has 23 heteroatoms. The van der Waals surface area contributed by atoms with Crippen molar-refractivity contribution in [1.82, 2.24) is 29.1 Å². The Labute approximate surface area is 374 Å². The number of hydrogen-bond acceptors (Lipinski definition) is 15. The number of nitrogens with one attached hydrogen (secondary N) is 1. The number of aldehydes is 1. The van der Waals surface area contributed by atoms with Crippen LogP contribution in [0.3, 0.4) is 0 Å². The van der Waals surface area contributed by atoms with Gasteiger partial charge in [0.1, 0.15) is 17.6 Å². The Kier molecular flexibility index (Phi) is 22.7. The van der Waals surface area contributed by atoms with E-state index in [9.17, 15) is 25.0 Å². The quantitative estimate of drug-likeness (QED) is 0.0880. The molecule has 2 aliphatic heterocycles. The summed E-state index contributed by atoms with van der Waals surface area (Å²) in [7, 11) is -6.72. The SMILES string of the molecule is CB(O)N1CCC(Nc2ncccc2[N+](=O)[O-])CC1.CB(O)N1CCC(n2c(-c3ccccc3)nc3cccnc32)CC1.O=Cc1ccccc1.O=S(=O)=S(=O)=O.[Na][Na]. The molecule has 7 rings (SSSR count). The standard InChI is InChI=1S/C18H21BN4O.C11H17BN4O3.C7H6O.2Na.O4S2/c1-19(24)22-12-9-15(10-13-22)23-17(14-6-3-2-4-7-14)21-16-8-5-11-20-18(16)23;1-12(17)15-7-4-9(5-8-15)14-11-10(16(18)19)3-2-6-13-11;8-6-7-4-2-1-3-5-7;;;1-5(2)6(3)4/h2-8,11,15,24H,9-10,12-13H2,1H3;2-3,6,9,17H,4-5,7-8H2,1H3,(H,13,14);1-6H;;;. The molecule has 0 spiro atoms. The van der Waals surface area contributed by atoms with E-state index in [2.05, 4.69) is 36.8 Å². The van der Waals surface area contributed by atoms with Gasteiger partial charge in [-0.3, -0.25) is 14.9 Å². The molecule has 0 aliphatic carbocycles. The van der Waals surface area contributed by atoms with E-state index in [-0.39, 0.29) is 18.8 Å². The molecule has 17 nitrogen and oxygen atoms in total. The van der Waals surface area contributed by atoms with Crippen molar-refractivity contribution >= 4 is 105 Å². The number of pyridine rings is 2. The van der Waals surface area contributed by atoms with E-state index in [4.69, 9.17) is 21.8 Å². The van der Waals surface area contributed by atoms with Crippen LogP contribution in [0.5, 0.6) is 0 Å². The van der Waals surface area contributed by atoms with Crippen molar-refractivity contribution in [3.05, 3.63) is 113 Å². The summed E-state index contributed by atoms with van der Waals surface area (Å²) in [6.45, 7) is 6.92. The Morgan fingerprint density at radius 2 is 1.29 bits per heavy atom. The number of rotatable bonds is 8. The second-order valence-electron chi connectivity index (χ2n) is 13.1. The minimum absolute atomic E-state index is 0.000422. The van der Waals surface area contributed by atoms with Gasteiger partial charge in [0.25, 0.3) is 0 Å². The van der Waals surface area contributed by atoms with Crippen LogP contribution in [0.4, 0.5) is 11.5 Å². The molecule has 2 saturated heterocycles. The van der Waals surface area contributed by atoms with Gasteiger partial charge >= 0.3 is 81.9 Å². The molecule has 0 saturated carbocycles. The van der Waals surface area contributed by atoms with Gasteiger partial charge in [0.05, 0.1) is 4.92 Å². The number of imidazole rings is 1. The summed E-state index contributed by atoms with van der Waals surface area (Å²) in [5, 5.41) is 33.3. The number of carbonyl (C=O) groups is 1. The number of aromatic nitrogens is 4. The number of anilines is 1. The molecule has 0 unspecified atom stereocenters. The molecule has 0 amide bonds. The van der Waals surface area contributed by atoms with Crippen LogP contribution in [0.1, 0.15) is 42.1 Å². The third-order valence-corrected chi connectivity index (χ3v) is 10.2. The molecule has 0 bridgehead atoms. The van der Waals surface area contributed by atoms with Crippen molar-refractivity contribution in [2.24, 2.45) is 0 Å². The van der Waals surface area contributed by atoms with Gasteiger partial charge in [-0.25, -0.2) is 15.0 Å². The van der Waals surface area contributed by atoms with E-state index < -0.39 is 30.5 Å². The van der Waals surface area contributed by atoms with E-state index in [0.717, 1.165) is 86.3 Å². The third kappa shape index (κ3) is 16.2. The van der Waals surface area contributed by atoms with Gasteiger partial charge in [-0.2, -0.15) is 16.8 Å². The first-order valence-corrected chi connectivity index (χ1v) is 29.8. The van der Waals surface area contributed by atoms with Crippen molar-refractivity contribution in [1.29, 1.82) is 0 Å². The molecule has 2 aromatic carbocycles. The molecular formula is C36H44B2N8Na2O9S2. The summed E-state index contributed by atoms with van der Waals surface area (Å²) in [5.74, 6) is 1.31. The van der Waals surface area contributed by atoms with Crippen molar-refractivity contribution in [2.45, 2.75) is 51.4 Å². The number of fused-ring (bicyclic) bond motifs is 1. The van der Waals surface area contributed by atoms with Gasteiger partial charge in [-0.15, -0.1) is 0 Å². The van der Waals surface area contributed by atoms with Crippen LogP contribution in [0.2, 0.25) is 13.6 Å². The molecule has 302 valence electrons. The van der Waals surface area contributed by atoms with Crippen molar-refractivity contribution in [3.63, 3.8) is 0 Å². The van der Waals surface area contributed by atoms with Crippen LogP contribution in [0, 0.1) is 10.1 Å². The Morgan fingerprint density at radius 3 is 1.78 bits per heavy atom. The fourth-order valence-corrected chi connectivity index (χ4v) is 6.38. The first-order chi connectivity index (χ1) is 28.4. The van der Waals surface area contributed by atoms with Crippen LogP contribution < -0.4 is 5.32 Å². The summed E-state index contributed by atoms with van der Waals surface area (Å²) >= 11 is 2.89. The van der Waals surface area contributed by atoms with Gasteiger partial charge in [-0.1, -0.05) is 60.7 Å². The molecule has 3 aromatic heterocycles. The molecule has 0 atom stereocenters. The van der Waals surface area contributed by atoms with Crippen molar-refractivity contribution < 1.29 is 36.6 Å². The molecule has 59 heavy (non-hydrogen) atoms. The molecule has 2 aliphatic rings. The molecule has 0 radical (unpaired) electrons. The van der Waals surface area contributed by atoms with E-state index in [1.54, 1.807) is 31.2 Å². The number of piperidine rings is 2. The fourth-order valence-electron chi connectivity index (χ4n) is 6.38. The van der Waals surface area contributed by atoms with Gasteiger partial charge in [-0.05, 0) is 83.7 Å². The van der Waals surface area contributed by atoms with Gasteiger partial charge < -0.3 is 29.6 Å². The molecular weight excluding hydrogens is 820 g/mol. The summed E-state index contributed by atoms with van der Waals surface area (Å²) in [6, 6.07) is 26.9. The zero-order valence-electron chi connectivity index (χ0n) is 33.5. The molecule has 3 N–H and O–H groups in total. The monoisotopic (exact) mass is 864 g/mol. The second kappa shape index (κ2) is 26.8. The normalized spacial score (nSPS) is 14.3. The maximum atomic E-state index is 10.9. The summed E-state index contributed by atoms with van der Waals surface area (Å²) in [6.07, 6.45) is 7.86. The Balaban J connectivity index is 0.000000235. The van der Waals surface area contributed by atoms with E-state index >= 15 is 0 Å². The second-order valence-corrected chi connectivity index (χ2v) is 15.5. The predicted molar refractivity (Wildman–Crippen MR) is 231 cm³/mol. The molecule has 2 fully saturated rings. The number of nitro groups is 1. The number of carbonyl (C=O) groups excluding carboxylic acids is 1. The maximum absolute atomic E-state index is 10.9. The van der Waals surface area contributed by atoms with Gasteiger partial charge in [0.2, 0.25) is 5.82 Å². The van der Waals surface area contributed by atoms with E-state index in [0.29, 0.717) is 11.9 Å². The van der Waals surface area contributed by atoms with Crippen LogP contribution in [0.25, 0.3) is 22.6 Å². The summed E-state index contributed by atoms with van der Waals surface area (Å²) in [4.78, 5) is 38.0. The average Bonchev–Trinajstić information content (AvgIpc) is 3.66. The van der Waals surface area contributed by atoms with Crippen molar-refractivity contribution in [3.8, 4) is 11.4 Å². The van der Waals surface area contributed by atoms with Crippen LogP contribution in [-0.2, 0) is 18.5 Å². The van der Waals surface area contributed by atoms with E-state index in [1.165, 1.54) is 49.7 Å². The third-order valence-electron chi connectivity index (χ3n) is 9.30. The number of nitrogens with zero attached hydrogens (tertiary/aromatic N) is 7. The van der Waals surface area contributed by atoms with Gasteiger partial charge in [0.15, 0.2) is 5.65 Å². The van der Waals surface area contributed by atoms with E-state index in [1.807, 2.05) is 66.4 Å². The number of hydrogen-bond donors (Lipinski definition) is 3. The van der Waals surface area contributed by atoms with Crippen LogP contribution in [-0.4, -0.2) is 157 Å². The fraction of sp³-hybridized carbons (Fsp3) is 0.333.